The number of halogens is 1. The van der Waals surface area contributed by atoms with Crippen molar-refractivity contribution in [3.63, 3.8) is 0 Å². The number of hydrogen-bond acceptors (Lipinski definition) is 7. The molecule has 0 spiro atoms. The second kappa shape index (κ2) is 13.3. The van der Waals surface area contributed by atoms with Crippen LogP contribution in [0.25, 0.3) is 22.4 Å². The molecule has 2 heterocycles. The Kier molecular flexibility index (Phi) is 10.7. The molecular weight excluding hydrogens is 628 g/mol. The molecule has 3 rings (SSSR count). The van der Waals surface area contributed by atoms with E-state index in [2.05, 4.69) is 39.8 Å². The van der Waals surface area contributed by atoms with Crippen molar-refractivity contribution in [2.45, 2.75) is 39.7 Å². The minimum atomic E-state index is -2.85. The number of hydrogen-bond donors (Lipinski definition) is 2. The molecule has 202 valence electrons. The number of nitrogens with zero attached hydrogens (tertiary/aromatic N) is 2. The Morgan fingerprint density at radius 3 is 2.51 bits per heavy atom. The van der Waals surface area contributed by atoms with Gasteiger partial charge >= 0.3 is 0 Å². The molecule has 0 radical (unpaired) electrons. The van der Waals surface area contributed by atoms with Crippen molar-refractivity contribution in [2.24, 2.45) is 0 Å². The van der Waals surface area contributed by atoms with E-state index in [1.165, 1.54) is 9.87 Å². The molecule has 0 saturated heterocycles. The molecule has 0 aliphatic carbocycles. The Morgan fingerprint density at radius 1 is 1.22 bits per heavy atom. The molecule has 1 amide bonds. The fraction of sp³-hybridized carbons (Fsp3) is 0.440. The van der Waals surface area contributed by atoms with Gasteiger partial charge in [0.2, 0.25) is 16.6 Å². The second-order valence-corrected chi connectivity index (χ2v) is 13.6. The number of rotatable bonds is 13. The van der Waals surface area contributed by atoms with E-state index < -0.39 is 18.3 Å². The van der Waals surface area contributed by atoms with Crippen molar-refractivity contribution >= 4 is 57.9 Å². The third-order valence-corrected chi connectivity index (χ3v) is 9.65. The lowest BCUT2D eigenvalue weighted by atomic mass is 10.0. The number of aryl methyl sites for hydroxylation is 1. The number of benzene rings is 1. The Morgan fingerprint density at radius 2 is 1.92 bits per heavy atom. The highest BCUT2D eigenvalue weighted by molar-refractivity contribution is 14.1. The highest BCUT2D eigenvalue weighted by Gasteiger charge is 2.24. The molecule has 0 bridgehead atoms. The molecule has 0 aliphatic heterocycles. The summed E-state index contributed by atoms with van der Waals surface area (Å²) < 4.78 is 49.6. The van der Waals surface area contributed by atoms with Crippen LogP contribution in [0, 0.1) is 3.57 Å². The minimum absolute atomic E-state index is 0.0682. The van der Waals surface area contributed by atoms with Crippen LogP contribution in [0.2, 0.25) is 0 Å². The molecule has 1 N–H and O–H groups in total. The van der Waals surface area contributed by atoms with Crippen LogP contribution in [0.1, 0.15) is 48.3 Å². The van der Waals surface area contributed by atoms with Gasteiger partial charge < -0.3 is 14.3 Å². The summed E-state index contributed by atoms with van der Waals surface area (Å²) in [5.74, 6) is 0.130. The summed E-state index contributed by atoms with van der Waals surface area (Å²) in [6, 6.07) is 9.63. The predicted octanol–water partition coefficient (Wildman–Crippen LogP) is 5.07. The first kappa shape index (κ1) is 29.8. The SMILES string of the molecule is CCOP(C)(=O)CCCCN(Cc1nc2oc(-c3ccc(CC)cc3)c(C(=O)NC)c2cc1I)[SH](=O)=O. The van der Waals surface area contributed by atoms with Gasteiger partial charge in [-0.05, 0) is 60.4 Å². The number of furan rings is 1. The first-order chi connectivity index (χ1) is 17.6. The zero-order chi connectivity index (χ0) is 27.2. The Bertz CT molecular complexity index is 1360. The summed E-state index contributed by atoms with van der Waals surface area (Å²) in [6.07, 6.45) is 2.44. The fourth-order valence-corrected chi connectivity index (χ4v) is 6.64. The molecule has 3 aromatic rings. The van der Waals surface area contributed by atoms with Gasteiger partial charge in [-0.2, -0.15) is 4.31 Å². The van der Waals surface area contributed by atoms with Crippen molar-refractivity contribution < 1.29 is 26.7 Å². The van der Waals surface area contributed by atoms with Crippen LogP contribution in [-0.2, 0) is 32.9 Å². The van der Waals surface area contributed by atoms with E-state index in [1.807, 2.05) is 30.3 Å². The number of carbonyl (C=O) groups excluding carboxylic acids is 1. The smallest absolute Gasteiger partial charge is 0.255 e. The van der Waals surface area contributed by atoms with E-state index in [-0.39, 0.29) is 24.7 Å². The topological polar surface area (TPSA) is 119 Å². The maximum atomic E-state index is 12.8. The monoisotopic (exact) mass is 661 g/mol. The van der Waals surface area contributed by atoms with E-state index >= 15 is 0 Å². The molecular formula is C25H33IN3O6PS. The molecule has 1 unspecified atom stereocenters. The quantitative estimate of drug-likeness (QED) is 0.114. The van der Waals surface area contributed by atoms with Crippen LogP contribution < -0.4 is 5.32 Å². The highest BCUT2D eigenvalue weighted by atomic mass is 127. The molecule has 9 nitrogen and oxygen atoms in total. The summed E-state index contributed by atoms with van der Waals surface area (Å²) in [4.78, 5) is 17.4. The van der Waals surface area contributed by atoms with Gasteiger partial charge in [-0.25, -0.2) is 13.4 Å². The molecule has 1 atom stereocenters. The number of pyridine rings is 1. The Hall–Kier alpha value is -1.79. The molecule has 0 fully saturated rings. The fourth-order valence-electron chi connectivity index (χ4n) is 4.01. The first-order valence-corrected chi connectivity index (χ1v) is 16.6. The Balaban J connectivity index is 1.88. The minimum Gasteiger partial charge on any atom is -0.437 e. The number of amides is 1. The normalized spacial score (nSPS) is 13.4. The summed E-state index contributed by atoms with van der Waals surface area (Å²) in [5.41, 5.74) is 3.13. The largest absolute Gasteiger partial charge is 0.437 e. The number of aromatic nitrogens is 1. The van der Waals surface area contributed by atoms with Gasteiger partial charge in [0.25, 0.3) is 5.91 Å². The standard InChI is InChI=1S/C25H33IN3O6PS/c1-5-17-9-11-18(12-10-17)23-22(24(30)27-3)19-15-20(26)21(28-25(19)35-23)16-29(37(32)33)13-7-8-14-36(4,31)34-6-2/h9-12,15,37H,5-8,13-14,16H2,1-4H3,(H,27,30). The zero-order valence-electron chi connectivity index (χ0n) is 21.5. The van der Waals surface area contributed by atoms with E-state index in [0.717, 1.165) is 15.6 Å². The lowest BCUT2D eigenvalue weighted by Gasteiger charge is -2.17. The highest BCUT2D eigenvalue weighted by Crippen LogP contribution is 2.43. The van der Waals surface area contributed by atoms with Gasteiger partial charge in [-0.1, -0.05) is 31.2 Å². The van der Waals surface area contributed by atoms with Gasteiger partial charge in [0.1, 0.15) is 5.76 Å². The van der Waals surface area contributed by atoms with E-state index in [9.17, 15) is 17.8 Å². The molecule has 1 aromatic carbocycles. The Labute approximate surface area is 233 Å². The van der Waals surface area contributed by atoms with Crippen LogP contribution in [0.4, 0.5) is 0 Å². The van der Waals surface area contributed by atoms with Gasteiger partial charge in [-0.15, -0.1) is 0 Å². The summed E-state index contributed by atoms with van der Waals surface area (Å²) in [5, 5.41) is 3.24. The number of nitrogens with one attached hydrogen (secondary N) is 1. The molecule has 2 aromatic heterocycles. The van der Waals surface area contributed by atoms with Gasteiger partial charge in [0.05, 0.1) is 29.8 Å². The van der Waals surface area contributed by atoms with Crippen LogP contribution >= 0.6 is 30.0 Å². The van der Waals surface area contributed by atoms with Crippen molar-refractivity contribution in [3.8, 4) is 11.3 Å². The van der Waals surface area contributed by atoms with Crippen LogP contribution in [0.5, 0.6) is 0 Å². The third-order valence-electron chi connectivity index (χ3n) is 5.98. The van der Waals surface area contributed by atoms with Gasteiger partial charge in [-0.3, -0.25) is 9.36 Å². The van der Waals surface area contributed by atoms with E-state index in [4.69, 9.17) is 8.94 Å². The summed E-state index contributed by atoms with van der Waals surface area (Å²) in [6.45, 7) is 6.20. The van der Waals surface area contributed by atoms with E-state index in [1.54, 1.807) is 20.6 Å². The summed E-state index contributed by atoms with van der Waals surface area (Å²) >= 11 is 2.10. The van der Waals surface area contributed by atoms with Crippen molar-refractivity contribution in [2.75, 3.05) is 33.0 Å². The number of carbonyl (C=O) groups is 1. The lowest BCUT2D eigenvalue weighted by molar-refractivity contribution is 0.0964. The average Bonchev–Trinajstić information content (AvgIpc) is 3.23. The van der Waals surface area contributed by atoms with Crippen molar-refractivity contribution in [3.05, 3.63) is 50.7 Å². The van der Waals surface area contributed by atoms with Crippen LogP contribution in [0.3, 0.4) is 0 Å². The average molecular weight is 661 g/mol. The third kappa shape index (κ3) is 7.63. The lowest BCUT2D eigenvalue weighted by Crippen LogP contribution is -2.24. The first-order valence-electron chi connectivity index (χ1n) is 12.1. The predicted molar refractivity (Wildman–Crippen MR) is 155 cm³/mol. The van der Waals surface area contributed by atoms with Crippen molar-refractivity contribution in [1.82, 2.24) is 14.6 Å². The number of unbranched alkanes of at least 4 members (excludes halogenated alkanes) is 1. The molecule has 0 aliphatic rings. The van der Waals surface area contributed by atoms with Gasteiger partial charge in [0.15, 0.2) is 7.37 Å². The number of fused-ring (bicyclic) bond motifs is 1. The number of thiol groups is 1. The summed E-state index contributed by atoms with van der Waals surface area (Å²) in [7, 11) is -3.94. The molecule has 37 heavy (non-hydrogen) atoms. The maximum absolute atomic E-state index is 12.8. The van der Waals surface area contributed by atoms with Crippen LogP contribution in [0.15, 0.2) is 34.7 Å². The van der Waals surface area contributed by atoms with Crippen molar-refractivity contribution in [1.29, 1.82) is 0 Å². The zero-order valence-corrected chi connectivity index (χ0v) is 25.4. The van der Waals surface area contributed by atoms with E-state index in [0.29, 0.717) is 48.0 Å². The van der Waals surface area contributed by atoms with Crippen LogP contribution in [-0.4, -0.2) is 56.6 Å². The second-order valence-electron chi connectivity index (χ2n) is 8.69. The molecule has 0 saturated carbocycles. The van der Waals surface area contributed by atoms with Gasteiger partial charge in [0, 0.05) is 35.6 Å². The maximum Gasteiger partial charge on any atom is 0.255 e. The molecule has 12 heteroatoms.